The molecule has 2 aromatic carbocycles. The van der Waals surface area contributed by atoms with Gasteiger partial charge in [-0.25, -0.2) is 0 Å². The van der Waals surface area contributed by atoms with Crippen molar-refractivity contribution in [2.24, 2.45) is 0 Å². The van der Waals surface area contributed by atoms with E-state index in [9.17, 15) is 4.79 Å². The summed E-state index contributed by atoms with van der Waals surface area (Å²) in [6.07, 6.45) is 2.77. The van der Waals surface area contributed by atoms with Crippen molar-refractivity contribution < 1.29 is 23.1 Å². The summed E-state index contributed by atoms with van der Waals surface area (Å²) in [4.78, 5) is 13.4. The van der Waals surface area contributed by atoms with Crippen molar-refractivity contribution in [2.45, 2.75) is 0 Å². The zero-order valence-corrected chi connectivity index (χ0v) is 19.7. The number of hydrogen-bond donors (Lipinski definition) is 0. The van der Waals surface area contributed by atoms with Gasteiger partial charge in [0.1, 0.15) is 21.5 Å². The van der Waals surface area contributed by atoms with Gasteiger partial charge in [0.05, 0.1) is 36.8 Å². The number of hydrogen-bond acceptors (Lipinski definition) is 5. The van der Waals surface area contributed by atoms with Gasteiger partial charge in [-0.3, -0.25) is 4.79 Å². The fourth-order valence-electron chi connectivity index (χ4n) is 3.29. The Kier molecular flexibility index (Phi) is 6.45. The van der Waals surface area contributed by atoms with Gasteiger partial charge in [0.15, 0.2) is 11.5 Å². The fraction of sp³-hybridized carbons (Fsp3) is 0.0870. The molecule has 0 fully saturated rings. The van der Waals surface area contributed by atoms with Crippen molar-refractivity contribution in [1.29, 1.82) is 0 Å². The van der Waals surface area contributed by atoms with Gasteiger partial charge in [0, 0.05) is 22.3 Å². The molecule has 4 rings (SSSR count). The first-order valence-corrected chi connectivity index (χ1v) is 10.6. The normalized spacial score (nSPS) is 10.9. The average Bonchev–Trinajstić information content (AvgIpc) is 3.47. The quantitative estimate of drug-likeness (QED) is 0.245. The number of rotatable bonds is 6. The van der Waals surface area contributed by atoms with Crippen LogP contribution in [0.2, 0.25) is 20.1 Å². The maximum absolute atomic E-state index is 13.4. The summed E-state index contributed by atoms with van der Waals surface area (Å²) in [6.45, 7) is 0. The molecule has 2 heterocycles. The highest BCUT2D eigenvalue weighted by Crippen LogP contribution is 2.43. The van der Waals surface area contributed by atoms with Crippen LogP contribution in [0.4, 0.5) is 0 Å². The Balaban J connectivity index is 1.80. The standard InChI is InChI=1S/C23H14Cl4O5/c1-29-15-5-3-11(17(24)19(15)26)13-7-9-31-22(13)21(28)23-14(8-10-32-23)12-4-6-16(30-2)20(27)18(12)25/h3-10H,1-2H3. The van der Waals surface area contributed by atoms with Crippen LogP contribution >= 0.6 is 46.4 Å². The Hall–Kier alpha value is -2.57. The van der Waals surface area contributed by atoms with Gasteiger partial charge in [-0.1, -0.05) is 46.4 Å². The van der Waals surface area contributed by atoms with Crippen LogP contribution in [0, 0.1) is 0 Å². The average molecular weight is 512 g/mol. The first-order valence-electron chi connectivity index (χ1n) is 9.13. The number of ketones is 1. The summed E-state index contributed by atoms with van der Waals surface area (Å²) >= 11 is 25.4. The van der Waals surface area contributed by atoms with Gasteiger partial charge in [0.2, 0.25) is 0 Å². The van der Waals surface area contributed by atoms with Gasteiger partial charge in [-0.05, 0) is 36.4 Å². The van der Waals surface area contributed by atoms with Crippen molar-refractivity contribution in [1.82, 2.24) is 0 Å². The summed E-state index contributed by atoms with van der Waals surface area (Å²) in [6, 6.07) is 9.94. The smallest absolute Gasteiger partial charge is 0.264 e. The molecule has 4 aromatic rings. The maximum Gasteiger partial charge on any atom is 0.264 e. The summed E-state index contributed by atoms with van der Waals surface area (Å²) in [5.41, 5.74) is 1.91. The highest BCUT2D eigenvalue weighted by molar-refractivity contribution is 6.45. The van der Waals surface area contributed by atoms with Crippen LogP contribution in [0.1, 0.15) is 16.3 Å². The van der Waals surface area contributed by atoms with Crippen LogP contribution in [0.5, 0.6) is 11.5 Å². The molecule has 0 N–H and O–H groups in total. The van der Waals surface area contributed by atoms with Crippen LogP contribution in [0.3, 0.4) is 0 Å². The second-order valence-corrected chi connectivity index (χ2v) is 8.05. The zero-order valence-electron chi connectivity index (χ0n) is 16.7. The minimum absolute atomic E-state index is 0.0278. The van der Waals surface area contributed by atoms with E-state index in [2.05, 4.69) is 0 Å². The molecule has 9 heteroatoms. The monoisotopic (exact) mass is 510 g/mol. The summed E-state index contributed by atoms with van der Waals surface area (Å²) in [7, 11) is 2.97. The third-order valence-corrected chi connectivity index (χ3v) is 6.59. The van der Waals surface area contributed by atoms with E-state index in [-0.39, 0.29) is 31.6 Å². The molecular weight excluding hydrogens is 498 g/mol. The number of carbonyl (C=O) groups excluding carboxylic acids is 1. The summed E-state index contributed by atoms with van der Waals surface area (Å²) in [5, 5.41) is 0.909. The first-order chi connectivity index (χ1) is 15.4. The summed E-state index contributed by atoms with van der Waals surface area (Å²) in [5.74, 6) is 0.378. The number of methoxy groups -OCH3 is 2. The third-order valence-electron chi connectivity index (χ3n) is 4.86. The van der Waals surface area contributed by atoms with Crippen LogP contribution in [0.25, 0.3) is 22.3 Å². The van der Waals surface area contributed by atoms with Crippen molar-refractivity contribution in [3.05, 3.63) is 80.5 Å². The Morgan fingerprint density at radius 2 is 1.03 bits per heavy atom. The van der Waals surface area contributed by atoms with Crippen LogP contribution in [-0.2, 0) is 0 Å². The molecule has 0 aliphatic rings. The molecule has 32 heavy (non-hydrogen) atoms. The number of benzene rings is 2. The number of halogens is 4. The minimum Gasteiger partial charge on any atom is -0.495 e. The SMILES string of the molecule is COc1ccc(-c2ccoc2C(=O)c2occc2-c2ccc(OC)c(Cl)c2Cl)c(Cl)c1Cl. The van der Waals surface area contributed by atoms with Crippen molar-refractivity contribution in [2.75, 3.05) is 14.2 Å². The van der Waals surface area contributed by atoms with E-state index in [4.69, 9.17) is 64.7 Å². The largest absolute Gasteiger partial charge is 0.495 e. The molecule has 0 saturated heterocycles. The molecular formula is C23H14Cl4O5. The van der Waals surface area contributed by atoms with Crippen molar-refractivity contribution in [3.63, 3.8) is 0 Å². The minimum atomic E-state index is -0.504. The molecule has 0 saturated carbocycles. The molecule has 0 radical (unpaired) electrons. The van der Waals surface area contributed by atoms with Crippen LogP contribution < -0.4 is 9.47 Å². The third kappa shape index (κ3) is 3.76. The Bertz CT molecular complexity index is 1220. The van der Waals surface area contributed by atoms with E-state index in [1.54, 1.807) is 36.4 Å². The van der Waals surface area contributed by atoms with Crippen molar-refractivity contribution >= 4 is 52.2 Å². The predicted molar refractivity (Wildman–Crippen MR) is 125 cm³/mol. The molecule has 0 aliphatic carbocycles. The lowest BCUT2D eigenvalue weighted by Crippen LogP contribution is -2.02. The second-order valence-electron chi connectivity index (χ2n) is 6.54. The van der Waals surface area contributed by atoms with Crippen molar-refractivity contribution in [3.8, 4) is 33.8 Å². The molecule has 5 nitrogen and oxygen atoms in total. The lowest BCUT2D eigenvalue weighted by Gasteiger charge is -2.11. The van der Waals surface area contributed by atoms with E-state index in [1.165, 1.54) is 26.7 Å². The number of furan rings is 2. The predicted octanol–water partition coefficient (Wildman–Crippen LogP) is 8.07. The fourth-order valence-corrected chi connectivity index (χ4v) is 4.29. The lowest BCUT2D eigenvalue weighted by atomic mass is 9.99. The Labute approximate surface area is 203 Å². The molecule has 0 atom stereocenters. The number of ether oxygens (including phenoxy) is 2. The van der Waals surface area contributed by atoms with E-state index >= 15 is 0 Å². The van der Waals surface area contributed by atoms with E-state index in [1.807, 2.05) is 0 Å². The van der Waals surface area contributed by atoms with E-state index in [0.29, 0.717) is 33.8 Å². The lowest BCUT2D eigenvalue weighted by molar-refractivity contribution is 0.0985. The van der Waals surface area contributed by atoms with Gasteiger partial charge in [-0.2, -0.15) is 0 Å². The molecule has 0 spiro atoms. The van der Waals surface area contributed by atoms with Gasteiger partial charge < -0.3 is 18.3 Å². The number of carbonyl (C=O) groups is 1. The molecule has 164 valence electrons. The molecule has 0 aliphatic heterocycles. The van der Waals surface area contributed by atoms with Crippen LogP contribution in [-0.4, -0.2) is 20.0 Å². The molecule has 0 amide bonds. The first kappa shape index (κ1) is 22.6. The molecule has 0 unspecified atom stereocenters. The highest BCUT2D eigenvalue weighted by Gasteiger charge is 2.27. The zero-order chi connectivity index (χ0) is 23.0. The van der Waals surface area contributed by atoms with Crippen LogP contribution in [0.15, 0.2) is 57.8 Å². The van der Waals surface area contributed by atoms with Gasteiger partial charge in [0.25, 0.3) is 5.78 Å². The van der Waals surface area contributed by atoms with Gasteiger partial charge >= 0.3 is 0 Å². The topological polar surface area (TPSA) is 61.8 Å². The molecule has 2 aromatic heterocycles. The van der Waals surface area contributed by atoms with E-state index < -0.39 is 5.78 Å². The maximum atomic E-state index is 13.4. The van der Waals surface area contributed by atoms with E-state index in [0.717, 1.165) is 0 Å². The highest BCUT2D eigenvalue weighted by atomic mass is 35.5. The van der Waals surface area contributed by atoms with Gasteiger partial charge in [-0.15, -0.1) is 0 Å². The Morgan fingerprint density at radius 3 is 1.41 bits per heavy atom. The summed E-state index contributed by atoms with van der Waals surface area (Å²) < 4.78 is 21.4. The second kappa shape index (κ2) is 9.12. The Morgan fingerprint density at radius 1 is 0.625 bits per heavy atom. The molecule has 0 bridgehead atoms.